The lowest BCUT2D eigenvalue weighted by Gasteiger charge is -2.29. The van der Waals surface area contributed by atoms with Crippen LogP contribution in [0.15, 0.2) is 64.6 Å². The van der Waals surface area contributed by atoms with Gasteiger partial charge in [-0.1, -0.05) is 30.3 Å². The summed E-state index contributed by atoms with van der Waals surface area (Å²) in [6.07, 6.45) is 1.59. The number of nitrogens with zero attached hydrogens (tertiary/aromatic N) is 2. The van der Waals surface area contributed by atoms with Crippen molar-refractivity contribution in [3.05, 3.63) is 60.2 Å². The van der Waals surface area contributed by atoms with E-state index in [1.807, 2.05) is 30.3 Å². The summed E-state index contributed by atoms with van der Waals surface area (Å²) in [6.45, 7) is 4.90. The summed E-state index contributed by atoms with van der Waals surface area (Å²) in [7, 11) is -2.58. The molecule has 10 heteroatoms. The van der Waals surface area contributed by atoms with Gasteiger partial charge in [0.05, 0.1) is 30.7 Å². The van der Waals surface area contributed by atoms with Crippen molar-refractivity contribution in [3.8, 4) is 5.75 Å². The molecule has 0 saturated heterocycles. The fourth-order valence-electron chi connectivity index (χ4n) is 4.00. The van der Waals surface area contributed by atoms with Crippen LogP contribution in [0.25, 0.3) is 0 Å². The minimum absolute atomic E-state index is 0.0301. The van der Waals surface area contributed by atoms with Crippen LogP contribution >= 0.6 is 0 Å². The van der Waals surface area contributed by atoms with E-state index in [-0.39, 0.29) is 17.9 Å². The lowest BCUT2D eigenvalue weighted by Crippen LogP contribution is -2.50. The van der Waals surface area contributed by atoms with Gasteiger partial charge in [-0.2, -0.15) is 17.9 Å². The molecule has 9 nitrogen and oxygen atoms in total. The van der Waals surface area contributed by atoms with Gasteiger partial charge in [0.2, 0.25) is 0 Å². The zero-order chi connectivity index (χ0) is 27.1. The van der Waals surface area contributed by atoms with Gasteiger partial charge in [-0.05, 0) is 82.7 Å². The number of methoxy groups -OCH3 is 1. The van der Waals surface area contributed by atoms with Crippen LogP contribution in [-0.4, -0.2) is 61.1 Å². The highest BCUT2D eigenvalue weighted by atomic mass is 32.2. The molecule has 1 amide bonds. The number of carbonyl (C=O) groups is 1. The third kappa shape index (κ3) is 8.46. The highest BCUT2D eigenvalue weighted by molar-refractivity contribution is 7.89. The largest absolute Gasteiger partial charge is 0.497 e. The molecule has 2 atom stereocenters. The van der Waals surface area contributed by atoms with Gasteiger partial charge in [-0.25, -0.2) is 4.79 Å². The summed E-state index contributed by atoms with van der Waals surface area (Å²) in [4.78, 5) is 12.6. The van der Waals surface area contributed by atoms with Gasteiger partial charge >= 0.3 is 6.09 Å². The minimum Gasteiger partial charge on any atom is -0.497 e. The smallest absolute Gasteiger partial charge is 0.407 e. The van der Waals surface area contributed by atoms with Gasteiger partial charge < -0.3 is 19.9 Å². The molecule has 1 aliphatic rings. The maximum atomic E-state index is 13.6. The lowest BCUT2D eigenvalue weighted by molar-refractivity contribution is 0.0403. The first-order chi connectivity index (χ1) is 17.5. The number of benzene rings is 2. The summed E-state index contributed by atoms with van der Waals surface area (Å²) < 4.78 is 38.7. The summed E-state index contributed by atoms with van der Waals surface area (Å²) in [5.41, 5.74) is 0.906. The number of hydrogen-bond acceptors (Lipinski definition) is 7. The number of hydrazone groups is 1. The highest BCUT2D eigenvalue weighted by Gasteiger charge is 2.32. The average Bonchev–Trinajstić information content (AvgIpc) is 3.36. The molecule has 2 aromatic carbocycles. The second kappa shape index (κ2) is 12.4. The van der Waals surface area contributed by atoms with Gasteiger partial charge in [0.1, 0.15) is 11.4 Å². The fourth-order valence-corrected chi connectivity index (χ4v) is 5.30. The second-order valence-electron chi connectivity index (χ2n) is 10.1. The Labute approximate surface area is 219 Å². The number of rotatable bonds is 10. The molecule has 202 valence electrons. The topological polar surface area (TPSA) is 118 Å². The molecular formula is C27H37N3O6S. The molecule has 1 fully saturated rings. The molecule has 1 saturated carbocycles. The standard InChI is InChI=1S/C27H37N3O6S/c1-27(2,3)36-26(32)28-24(18-20-10-6-5-7-11-20)25(31)19-30(29-21-12-8-9-13-21)37(33,34)23-16-14-22(35-4)15-17-23/h5-7,10-11,14-17,24-25,31H,8-9,12-13,18-19H2,1-4H3,(H,28,32)/t24-,25+/m0/s1. The van der Waals surface area contributed by atoms with Crippen molar-refractivity contribution in [2.75, 3.05) is 13.7 Å². The third-order valence-electron chi connectivity index (χ3n) is 5.88. The molecule has 0 unspecified atom stereocenters. The summed E-state index contributed by atoms with van der Waals surface area (Å²) in [5.74, 6) is 0.525. The Bertz CT molecular complexity index is 1150. The maximum absolute atomic E-state index is 13.6. The first kappa shape index (κ1) is 28.5. The molecule has 2 aromatic rings. The number of aliphatic hydroxyl groups excluding tert-OH is 1. The van der Waals surface area contributed by atoms with Crippen molar-refractivity contribution < 1.29 is 27.8 Å². The lowest BCUT2D eigenvalue weighted by atomic mass is 10.0. The normalized spacial score (nSPS) is 15.5. The molecule has 37 heavy (non-hydrogen) atoms. The number of aliphatic hydroxyl groups is 1. The summed E-state index contributed by atoms with van der Waals surface area (Å²) >= 11 is 0. The van der Waals surface area contributed by atoms with E-state index in [0.717, 1.165) is 28.5 Å². The Morgan fingerprint density at radius 3 is 2.27 bits per heavy atom. The van der Waals surface area contributed by atoms with Crippen LogP contribution in [0, 0.1) is 0 Å². The predicted octanol–water partition coefficient (Wildman–Crippen LogP) is 4.11. The van der Waals surface area contributed by atoms with E-state index in [1.54, 1.807) is 32.9 Å². The third-order valence-corrected chi connectivity index (χ3v) is 7.53. The molecular weight excluding hydrogens is 494 g/mol. The molecule has 3 rings (SSSR count). The van der Waals surface area contributed by atoms with E-state index in [1.165, 1.54) is 19.2 Å². The van der Waals surface area contributed by atoms with E-state index >= 15 is 0 Å². The zero-order valence-electron chi connectivity index (χ0n) is 21.9. The van der Waals surface area contributed by atoms with Gasteiger partial charge in [0, 0.05) is 5.71 Å². The van der Waals surface area contributed by atoms with Crippen LogP contribution in [0.3, 0.4) is 0 Å². The number of amides is 1. The zero-order valence-corrected chi connectivity index (χ0v) is 22.7. The first-order valence-electron chi connectivity index (χ1n) is 12.4. The number of carbonyl (C=O) groups excluding carboxylic acids is 1. The minimum atomic E-state index is -4.09. The molecule has 0 aliphatic heterocycles. The molecule has 0 radical (unpaired) electrons. The Morgan fingerprint density at radius 1 is 1.08 bits per heavy atom. The van der Waals surface area contributed by atoms with Gasteiger partial charge in [0.15, 0.2) is 0 Å². The molecule has 0 aromatic heterocycles. The van der Waals surface area contributed by atoms with E-state index in [4.69, 9.17) is 9.47 Å². The van der Waals surface area contributed by atoms with E-state index in [0.29, 0.717) is 18.6 Å². The molecule has 0 heterocycles. The number of ether oxygens (including phenoxy) is 2. The van der Waals surface area contributed by atoms with Crippen LogP contribution in [0.5, 0.6) is 5.75 Å². The van der Waals surface area contributed by atoms with Gasteiger partial charge in [-0.3, -0.25) is 0 Å². The Kier molecular flexibility index (Phi) is 9.56. The Hall–Kier alpha value is -3.11. The van der Waals surface area contributed by atoms with E-state index in [2.05, 4.69) is 10.4 Å². The van der Waals surface area contributed by atoms with Crippen LogP contribution in [0.2, 0.25) is 0 Å². The van der Waals surface area contributed by atoms with Gasteiger partial charge in [-0.15, -0.1) is 0 Å². The Balaban J connectivity index is 1.89. The van der Waals surface area contributed by atoms with Crippen molar-refractivity contribution in [2.45, 2.75) is 75.5 Å². The average molecular weight is 532 g/mol. The Morgan fingerprint density at radius 2 is 1.70 bits per heavy atom. The van der Waals surface area contributed by atoms with Crippen molar-refractivity contribution in [1.82, 2.24) is 9.73 Å². The molecule has 1 aliphatic carbocycles. The molecule has 0 spiro atoms. The van der Waals surface area contributed by atoms with Crippen LogP contribution in [0.1, 0.15) is 52.0 Å². The molecule has 2 N–H and O–H groups in total. The van der Waals surface area contributed by atoms with E-state index < -0.39 is 33.9 Å². The maximum Gasteiger partial charge on any atom is 0.407 e. The van der Waals surface area contributed by atoms with Crippen LogP contribution in [-0.2, 0) is 21.2 Å². The number of sulfonamides is 1. The number of alkyl carbamates (subject to hydrolysis) is 1. The predicted molar refractivity (Wildman–Crippen MR) is 142 cm³/mol. The van der Waals surface area contributed by atoms with E-state index in [9.17, 15) is 18.3 Å². The number of hydrogen-bond donors (Lipinski definition) is 2. The van der Waals surface area contributed by atoms with Crippen LogP contribution in [0.4, 0.5) is 4.79 Å². The van der Waals surface area contributed by atoms with Crippen LogP contribution < -0.4 is 10.1 Å². The molecule has 0 bridgehead atoms. The summed E-state index contributed by atoms with van der Waals surface area (Å²) in [5, 5.41) is 18.5. The fraction of sp³-hybridized carbons (Fsp3) is 0.481. The van der Waals surface area contributed by atoms with Crippen molar-refractivity contribution >= 4 is 21.8 Å². The number of nitrogens with one attached hydrogen (secondary N) is 1. The highest BCUT2D eigenvalue weighted by Crippen LogP contribution is 2.23. The first-order valence-corrected chi connectivity index (χ1v) is 13.9. The SMILES string of the molecule is COc1ccc(S(=O)(=O)N(C[C@@H](O)[C@H](Cc2ccccc2)NC(=O)OC(C)(C)C)N=C2CCCC2)cc1. The quantitative estimate of drug-likeness (QED) is 0.446. The van der Waals surface area contributed by atoms with Crippen molar-refractivity contribution in [2.24, 2.45) is 5.10 Å². The van der Waals surface area contributed by atoms with Crippen molar-refractivity contribution in [1.29, 1.82) is 0 Å². The monoisotopic (exact) mass is 531 g/mol. The van der Waals surface area contributed by atoms with Crippen molar-refractivity contribution in [3.63, 3.8) is 0 Å². The second-order valence-corrected chi connectivity index (χ2v) is 11.9. The summed E-state index contributed by atoms with van der Waals surface area (Å²) in [6, 6.07) is 14.5. The van der Waals surface area contributed by atoms with Gasteiger partial charge in [0.25, 0.3) is 10.0 Å².